The van der Waals surface area contributed by atoms with Gasteiger partial charge in [-0.2, -0.15) is 4.37 Å². The maximum Gasteiger partial charge on any atom is 0.170 e. The first-order chi connectivity index (χ1) is 7.18. The highest BCUT2D eigenvalue weighted by Gasteiger charge is 2.00. The fraction of sp³-hybridized carbons (Fsp3) is 0.800. The summed E-state index contributed by atoms with van der Waals surface area (Å²) in [5.41, 5.74) is 0. The van der Waals surface area contributed by atoms with Crippen LogP contribution in [0, 0.1) is 12.8 Å². The van der Waals surface area contributed by atoms with E-state index in [0.717, 1.165) is 34.9 Å². The maximum absolute atomic E-state index is 4.30. The molecule has 1 aromatic rings. The van der Waals surface area contributed by atoms with Crippen molar-refractivity contribution < 1.29 is 0 Å². The van der Waals surface area contributed by atoms with Gasteiger partial charge in [-0.25, -0.2) is 4.98 Å². The normalized spacial score (nSPS) is 11.2. The van der Waals surface area contributed by atoms with E-state index in [4.69, 9.17) is 0 Å². The van der Waals surface area contributed by atoms with Crippen LogP contribution in [-0.4, -0.2) is 28.2 Å². The van der Waals surface area contributed by atoms with Crippen LogP contribution in [0.1, 0.15) is 26.1 Å². The SMILES string of the molecule is Cc1nsc(SCCNCCC(C)C)n1. The van der Waals surface area contributed by atoms with Crippen LogP contribution in [0.2, 0.25) is 0 Å². The first-order valence-corrected chi connectivity index (χ1v) is 7.08. The van der Waals surface area contributed by atoms with Gasteiger partial charge in [0.05, 0.1) is 0 Å². The van der Waals surface area contributed by atoms with Crippen molar-refractivity contribution >= 4 is 23.3 Å². The van der Waals surface area contributed by atoms with Gasteiger partial charge >= 0.3 is 0 Å². The summed E-state index contributed by atoms with van der Waals surface area (Å²) < 4.78 is 5.23. The zero-order valence-corrected chi connectivity index (χ0v) is 11.2. The summed E-state index contributed by atoms with van der Waals surface area (Å²) in [5.74, 6) is 2.75. The van der Waals surface area contributed by atoms with Crippen LogP contribution in [0.3, 0.4) is 0 Å². The monoisotopic (exact) mass is 245 g/mol. The van der Waals surface area contributed by atoms with E-state index in [2.05, 4.69) is 28.5 Å². The standard InChI is InChI=1S/C10H19N3S2/c1-8(2)4-5-11-6-7-14-10-12-9(3)13-15-10/h8,11H,4-7H2,1-3H3. The molecule has 0 saturated heterocycles. The zero-order chi connectivity index (χ0) is 11.1. The molecule has 0 aliphatic carbocycles. The smallest absolute Gasteiger partial charge is 0.170 e. The number of aryl methyl sites for hydroxylation is 1. The van der Waals surface area contributed by atoms with Crippen molar-refractivity contribution in [1.29, 1.82) is 0 Å². The first kappa shape index (κ1) is 12.9. The molecule has 5 heteroatoms. The summed E-state index contributed by atoms with van der Waals surface area (Å²) in [5, 5.41) is 3.43. The van der Waals surface area contributed by atoms with Crippen LogP contribution in [0.4, 0.5) is 0 Å². The number of rotatable bonds is 7. The molecule has 0 bridgehead atoms. The molecule has 0 radical (unpaired) electrons. The Labute approximate surface area is 100 Å². The highest BCUT2D eigenvalue weighted by molar-refractivity contribution is 8.00. The van der Waals surface area contributed by atoms with E-state index in [-0.39, 0.29) is 0 Å². The summed E-state index contributed by atoms with van der Waals surface area (Å²) in [6, 6.07) is 0. The molecule has 1 rings (SSSR count). The average Bonchev–Trinajstić information content (AvgIpc) is 2.57. The van der Waals surface area contributed by atoms with Crippen LogP contribution in [-0.2, 0) is 0 Å². The summed E-state index contributed by atoms with van der Waals surface area (Å²) in [4.78, 5) is 4.30. The molecule has 1 N–H and O–H groups in total. The van der Waals surface area contributed by atoms with Crippen LogP contribution in [0.15, 0.2) is 4.34 Å². The molecule has 0 saturated carbocycles. The van der Waals surface area contributed by atoms with E-state index in [1.165, 1.54) is 18.0 Å². The molecule has 0 amide bonds. The van der Waals surface area contributed by atoms with Gasteiger partial charge in [-0.05, 0) is 37.3 Å². The Balaban J connectivity index is 1.98. The number of nitrogens with zero attached hydrogens (tertiary/aromatic N) is 2. The van der Waals surface area contributed by atoms with Gasteiger partial charge in [0, 0.05) is 12.3 Å². The van der Waals surface area contributed by atoms with E-state index in [1.807, 2.05) is 6.92 Å². The molecule has 0 spiro atoms. The molecular formula is C10H19N3S2. The summed E-state index contributed by atoms with van der Waals surface area (Å²) in [6.07, 6.45) is 1.25. The molecule has 86 valence electrons. The molecular weight excluding hydrogens is 226 g/mol. The van der Waals surface area contributed by atoms with E-state index in [9.17, 15) is 0 Å². The summed E-state index contributed by atoms with van der Waals surface area (Å²) in [6.45, 7) is 8.60. The Bertz CT molecular complexity index is 273. The summed E-state index contributed by atoms with van der Waals surface area (Å²) >= 11 is 3.27. The highest BCUT2D eigenvalue weighted by Crippen LogP contribution is 2.18. The Morgan fingerprint density at radius 2 is 2.20 bits per heavy atom. The first-order valence-electron chi connectivity index (χ1n) is 5.32. The molecule has 0 aliphatic rings. The Morgan fingerprint density at radius 3 is 2.80 bits per heavy atom. The molecule has 3 nitrogen and oxygen atoms in total. The van der Waals surface area contributed by atoms with Gasteiger partial charge < -0.3 is 5.32 Å². The minimum absolute atomic E-state index is 0.788. The molecule has 15 heavy (non-hydrogen) atoms. The van der Waals surface area contributed by atoms with Crippen molar-refractivity contribution in [2.75, 3.05) is 18.8 Å². The van der Waals surface area contributed by atoms with Crippen LogP contribution in [0.25, 0.3) is 0 Å². The molecule has 0 unspecified atom stereocenters. The third-order valence-corrected chi connectivity index (χ3v) is 3.84. The van der Waals surface area contributed by atoms with Gasteiger partial charge in [-0.1, -0.05) is 25.6 Å². The van der Waals surface area contributed by atoms with Gasteiger partial charge in [0.1, 0.15) is 5.82 Å². The summed E-state index contributed by atoms with van der Waals surface area (Å²) in [7, 11) is 0. The molecule has 1 heterocycles. The molecule has 0 aromatic carbocycles. The zero-order valence-electron chi connectivity index (χ0n) is 9.62. The number of hydrogen-bond acceptors (Lipinski definition) is 5. The van der Waals surface area contributed by atoms with E-state index < -0.39 is 0 Å². The largest absolute Gasteiger partial charge is 0.316 e. The van der Waals surface area contributed by atoms with Crippen LogP contribution < -0.4 is 5.32 Å². The number of aromatic nitrogens is 2. The van der Waals surface area contributed by atoms with Crippen LogP contribution in [0.5, 0.6) is 0 Å². The lowest BCUT2D eigenvalue weighted by Gasteiger charge is -2.05. The molecule has 0 fully saturated rings. The van der Waals surface area contributed by atoms with Crippen molar-refractivity contribution in [2.24, 2.45) is 5.92 Å². The van der Waals surface area contributed by atoms with Gasteiger partial charge in [-0.3, -0.25) is 0 Å². The quantitative estimate of drug-likeness (QED) is 0.592. The van der Waals surface area contributed by atoms with Crippen molar-refractivity contribution in [3.05, 3.63) is 5.82 Å². The third-order valence-electron chi connectivity index (χ3n) is 1.91. The van der Waals surface area contributed by atoms with Gasteiger partial charge in [0.25, 0.3) is 0 Å². The topological polar surface area (TPSA) is 37.8 Å². The van der Waals surface area contributed by atoms with Crippen molar-refractivity contribution in [2.45, 2.75) is 31.5 Å². The van der Waals surface area contributed by atoms with Gasteiger partial charge in [-0.15, -0.1) is 0 Å². The highest BCUT2D eigenvalue weighted by atomic mass is 32.2. The Morgan fingerprint density at radius 1 is 1.40 bits per heavy atom. The number of hydrogen-bond donors (Lipinski definition) is 1. The Kier molecular flexibility index (Phi) is 6.20. The molecule has 0 aliphatic heterocycles. The molecule has 1 aromatic heterocycles. The van der Waals surface area contributed by atoms with Gasteiger partial charge in [0.15, 0.2) is 4.34 Å². The second-order valence-corrected chi connectivity index (χ2v) is 5.98. The predicted octanol–water partition coefficient (Wildman–Crippen LogP) is 2.57. The lowest BCUT2D eigenvalue weighted by molar-refractivity contribution is 0.547. The fourth-order valence-corrected chi connectivity index (χ4v) is 2.68. The fourth-order valence-electron chi connectivity index (χ4n) is 1.06. The maximum atomic E-state index is 4.30. The minimum Gasteiger partial charge on any atom is -0.316 e. The predicted molar refractivity (Wildman–Crippen MR) is 67.7 cm³/mol. The van der Waals surface area contributed by atoms with Crippen molar-refractivity contribution in [1.82, 2.24) is 14.7 Å². The number of nitrogens with one attached hydrogen (secondary N) is 1. The van der Waals surface area contributed by atoms with E-state index in [0.29, 0.717) is 0 Å². The lowest BCUT2D eigenvalue weighted by Crippen LogP contribution is -2.19. The molecule has 0 atom stereocenters. The van der Waals surface area contributed by atoms with Gasteiger partial charge in [0.2, 0.25) is 0 Å². The minimum atomic E-state index is 0.788. The Hall–Kier alpha value is -0.130. The lowest BCUT2D eigenvalue weighted by atomic mass is 10.1. The third kappa shape index (κ3) is 6.12. The second-order valence-electron chi connectivity index (χ2n) is 3.89. The van der Waals surface area contributed by atoms with E-state index >= 15 is 0 Å². The van der Waals surface area contributed by atoms with E-state index in [1.54, 1.807) is 11.8 Å². The van der Waals surface area contributed by atoms with Crippen molar-refractivity contribution in [3.8, 4) is 0 Å². The second kappa shape index (κ2) is 7.19. The van der Waals surface area contributed by atoms with Crippen LogP contribution >= 0.6 is 23.3 Å². The number of thioether (sulfide) groups is 1. The van der Waals surface area contributed by atoms with Crippen molar-refractivity contribution in [3.63, 3.8) is 0 Å². The average molecular weight is 245 g/mol.